The summed E-state index contributed by atoms with van der Waals surface area (Å²) in [5, 5.41) is 11.0. The van der Waals surface area contributed by atoms with Crippen LogP contribution in [0, 0.1) is 6.92 Å². The van der Waals surface area contributed by atoms with Crippen molar-refractivity contribution in [3.8, 4) is 0 Å². The summed E-state index contributed by atoms with van der Waals surface area (Å²) in [6.45, 7) is 1.98. The molecule has 1 amide bonds. The molecule has 26 heavy (non-hydrogen) atoms. The van der Waals surface area contributed by atoms with Crippen LogP contribution < -0.4 is 11.0 Å². The Balaban J connectivity index is 1.61. The van der Waals surface area contributed by atoms with Crippen LogP contribution in [0.25, 0.3) is 16.4 Å². The van der Waals surface area contributed by atoms with Gasteiger partial charge in [0.25, 0.3) is 11.5 Å². The van der Waals surface area contributed by atoms with E-state index in [1.807, 2.05) is 29.7 Å². The minimum atomic E-state index is -0.515. The van der Waals surface area contributed by atoms with E-state index in [4.69, 9.17) is 0 Å². The number of hydrogen-bond acceptors (Lipinski definition) is 5. The number of rotatable bonds is 3. The van der Waals surface area contributed by atoms with Crippen molar-refractivity contribution < 1.29 is 4.79 Å². The number of carbonyl (C=O) groups is 1. The monoisotopic (exact) mass is 346 g/mol. The molecule has 4 aromatic rings. The normalized spacial score (nSPS) is 11.4. The molecule has 0 atom stereocenters. The molecule has 128 valence electrons. The second kappa shape index (κ2) is 6.25. The zero-order valence-corrected chi connectivity index (χ0v) is 13.8. The molecule has 0 spiro atoms. The van der Waals surface area contributed by atoms with E-state index < -0.39 is 5.91 Å². The number of nitrogens with one attached hydrogen (secondary N) is 2. The second-order valence-electron chi connectivity index (χ2n) is 5.76. The van der Waals surface area contributed by atoms with E-state index in [0.717, 1.165) is 16.9 Å². The molecule has 0 aliphatic rings. The summed E-state index contributed by atoms with van der Waals surface area (Å²) < 4.78 is 1.87. The summed E-state index contributed by atoms with van der Waals surface area (Å²) >= 11 is 0. The van der Waals surface area contributed by atoms with Crippen molar-refractivity contribution >= 4 is 28.5 Å². The Morgan fingerprint density at radius 1 is 1.23 bits per heavy atom. The van der Waals surface area contributed by atoms with Gasteiger partial charge in [-0.15, -0.1) is 0 Å². The van der Waals surface area contributed by atoms with Gasteiger partial charge in [-0.25, -0.2) is 15.5 Å². The maximum absolute atomic E-state index is 12.4. The molecule has 4 rings (SSSR count). The fourth-order valence-corrected chi connectivity index (χ4v) is 2.70. The topological polar surface area (TPSA) is 105 Å². The van der Waals surface area contributed by atoms with E-state index >= 15 is 0 Å². The predicted molar refractivity (Wildman–Crippen MR) is 97.4 cm³/mol. The number of fused-ring (bicyclic) bond motifs is 2. The zero-order chi connectivity index (χ0) is 18.1. The Bertz CT molecular complexity index is 1220. The third-order valence-corrected chi connectivity index (χ3v) is 3.96. The summed E-state index contributed by atoms with van der Waals surface area (Å²) in [4.78, 5) is 28.4. The van der Waals surface area contributed by atoms with E-state index in [2.05, 4.69) is 25.7 Å². The number of imidazole rings is 1. The van der Waals surface area contributed by atoms with E-state index in [9.17, 15) is 9.59 Å². The Labute approximate surface area is 147 Å². The van der Waals surface area contributed by atoms with Crippen LogP contribution in [0.3, 0.4) is 0 Å². The largest absolute Gasteiger partial charge is 0.298 e. The van der Waals surface area contributed by atoms with Gasteiger partial charge in [0.2, 0.25) is 0 Å². The SMILES string of the molecule is Cc1ccc2ncc(/C=N/NC(=O)c3n[nH]c(=O)c4ccccc34)n2c1. The first-order chi connectivity index (χ1) is 12.6. The average molecular weight is 346 g/mol. The van der Waals surface area contributed by atoms with Crippen molar-refractivity contribution in [2.45, 2.75) is 6.92 Å². The lowest BCUT2D eigenvalue weighted by atomic mass is 10.1. The molecule has 0 bridgehead atoms. The van der Waals surface area contributed by atoms with Crippen LogP contribution in [-0.2, 0) is 0 Å². The van der Waals surface area contributed by atoms with Crippen molar-refractivity contribution in [3.63, 3.8) is 0 Å². The maximum atomic E-state index is 12.4. The number of carbonyl (C=O) groups excluding carboxylic acids is 1. The highest BCUT2D eigenvalue weighted by atomic mass is 16.2. The Kier molecular flexibility index (Phi) is 3.77. The number of H-pyrrole nitrogens is 1. The van der Waals surface area contributed by atoms with Gasteiger partial charge in [-0.05, 0) is 24.6 Å². The molecule has 1 aromatic carbocycles. The maximum Gasteiger partial charge on any atom is 0.292 e. The number of aromatic nitrogens is 4. The molecule has 3 heterocycles. The predicted octanol–water partition coefficient (Wildman–Crippen LogP) is 1.64. The van der Waals surface area contributed by atoms with Gasteiger partial charge >= 0.3 is 0 Å². The number of nitrogens with zero attached hydrogens (tertiary/aromatic N) is 4. The Morgan fingerprint density at radius 2 is 2.04 bits per heavy atom. The first-order valence-corrected chi connectivity index (χ1v) is 7.88. The van der Waals surface area contributed by atoms with Crippen LogP contribution in [0.1, 0.15) is 21.7 Å². The van der Waals surface area contributed by atoms with E-state index in [0.29, 0.717) is 10.8 Å². The quantitative estimate of drug-likeness (QED) is 0.435. The molecule has 0 radical (unpaired) electrons. The highest BCUT2D eigenvalue weighted by Crippen LogP contribution is 2.12. The van der Waals surface area contributed by atoms with Gasteiger partial charge < -0.3 is 0 Å². The van der Waals surface area contributed by atoms with Crippen LogP contribution in [0.4, 0.5) is 0 Å². The highest BCUT2D eigenvalue weighted by Gasteiger charge is 2.13. The summed E-state index contributed by atoms with van der Waals surface area (Å²) in [7, 11) is 0. The first kappa shape index (κ1) is 15.7. The summed E-state index contributed by atoms with van der Waals surface area (Å²) in [6.07, 6.45) is 5.10. The number of benzene rings is 1. The molecule has 0 aliphatic heterocycles. The fraction of sp³-hybridized carbons (Fsp3) is 0.0556. The summed E-state index contributed by atoms with van der Waals surface area (Å²) in [5.41, 5.74) is 4.79. The van der Waals surface area contributed by atoms with Crippen LogP contribution in [-0.4, -0.2) is 31.7 Å². The highest BCUT2D eigenvalue weighted by molar-refractivity contribution is 6.04. The third kappa shape index (κ3) is 2.73. The molecule has 8 nitrogen and oxygen atoms in total. The van der Waals surface area contributed by atoms with E-state index in [1.165, 1.54) is 6.21 Å². The summed E-state index contributed by atoms with van der Waals surface area (Å²) in [6, 6.07) is 10.6. The van der Waals surface area contributed by atoms with Gasteiger partial charge in [-0.3, -0.25) is 14.0 Å². The van der Waals surface area contributed by atoms with Gasteiger partial charge in [0.05, 0.1) is 23.5 Å². The Morgan fingerprint density at radius 3 is 2.88 bits per heavy atom. The van der Waals surface area contributed by atoms with E-state index in [1.54, 1.807) is 30.5 Å². The lowest BCUT2D eigenvalue weighted by molar-refractivity contribution is 0.0951. The molecule has 8 heteroatoms. The molecule has 0 saturated carbocycles. The van der Waals surface area contributed by atoms with Gasteiger partial charge in [0.1, 0.15) is 5.65 Å². The van der Waals surface area contributed by atoms with E-state index in [-0.39, 0.29) is 11.3 Å². The number of amides is 1. The van der Waals surface area contributed by atoms with Crippen molar-refractivity contribution in [1.29, 1.82) is 0 Å². The second-order valence-corrected chi connectivity index (χ2v) is 5.76. The molecule has 0 aliphatic carbocycles. The smallest absolute Gasteiger partial charge is 0.292 e. The van der Waals surface area contributed by atoms with Gasteiger partial charge in [0, 0.05) is 11.6 Å². The van der Waals surface area contributed by atoms with Crippen LogP contribution in [0.5, 0.6) is 0 Å². The molecule has 0 saturated heterocycles. The number of aryl methyl sites for hydroxylation is 1. The van der Waals surface area contributed by atoms with Gasteiger partial charge in [0.15, 0.2) is 5.69 Å². The fourth-order valence-electron chi connectivity index (χ4n) is 2.70. The molecule has 0 fully saturated rings. The van der Waals surface area contributed by atoms with Crippen molar-refractivity contribution in [3.05, 3.63) is 76.1 Å². The standard InChI is InChI=1S/C18H14N6O2/c1-11-6-7-15-19-8-12(24(15)10-11)9-20-22-18(26)16-13-4-2-3-5-14(13)17(25)23-21-16/h2-10H,1H3,(H,22,26)(H,23,25)/b20-9+. The van der Waals surface area contributed by atoms with Crippen molar-refractivity contribution in [2.75, 3.05) is 0 Å². The minimum Gasteiger partial charge on any atom is -0.298 e. The van der Waals surface area contributed by atoms with Gasteiger partial charge in [-0.1, -0.05) is 24.3 Å². The molecule has 2 N–H and O–H groups in total. The van der Waals surface area contributed by atoms with Crippen molar-refractivity contribution in [1.82, 2.24) is 25.0 Å². The summed E-state index contributed by atoms with van der Waals surface area (Å²) in [5.74, 6) is -0.515. The van der Waals surface area contributed by atoms with Crippen molar-refractivity contribution in [2.24, 2.45) is 5.10 Å². The molecule has 0 unspecified atom stereocenters. The minimum absolute atomic E-state index is 0.103. The van der Waals surface area contributed by atoms with Crippen LogP contribution in [0.2, 0.25) is 0 Å². The average Bonchev–Trinajstić information content (AvgIpc) is 3.04. The molecular weight excluding hydrogens is 332 g/mol. The zero-order valence-electron chi connectivity index (χ0n) is 13.8. The first-order valence-electron chi connectivity index (χ1n) is 7.88. The molecular formula is C18H14N6O2. The Hall–Kier alpha value is -3.81. The third-order valence-electron chi connectivity index (χ3n) is 3.96. The van der Waals surface area contributed by atoms with Gasteiger partial charge in [-0.2, -0.15) is 10.2 Å². The lowest BCUT2D eigenvalue weighted by Crippen LogP contribution is -2.22. The lowest BCUT2D eigenvalue weighted by Gasteiger charge is -2.03. The molecule has 3 aromatic heterocycles. The van der Waals surface area contributed by atoms with Crippen LogP contribution >= 0.6 is 0 Å². The van der Waals surface area contributed by atoms with Crippen LogP contribution in [0.15, 0.2) is 58.7 Å². The number of hydrogen-bond donors (Lipinski definition) is 2. The number of pyridine rings is 1. The number of hydrazone groups is 1. The number of aromatic amines is 1.